The summed E-state index contributed by atoms with van der Waals surface area (Å²) in [5.74, 6) is -0.115. The zero-order chi connectivity index (χ0) is 23.6. The summed E-state index contributed by atoms with van der Waals surface area (Å²) < 4.78 is 5.26. The Bertz CT molecular complexity index is 878. The fourth-order valence-electron chi connectivity index (χ4n) is 3.92. The van der Waals surface area contributed by atoms with E-state index in [-0.39, 0.29) is 24.5 Å². The number of β-amino-alcohol motifs (C(OH)–C–C–N with tert-alkyl or cyclic N) is 1. The van der Waals surface area contributed by atoms with E-state index in [1.54, 1.807) is 24.5 Å². The van der Waals surface area contributed by atoms with Gasteiger partial charge in [0.2, 0.25) is 5.91 Å². The number of hydrogen-bond acceptors (Lipinski definition) is 6. The molecule has 8 heteroatoms. The van der Waals surface area contributed by atoms with Crippen molar-refractivity contribution in [2.45, 2.75) is 51.5 Å². The third-order valence-corrected chi connectivity index (χ3v) is 5.69. The predicted molar refractivity (Wildman–Crippen MR) is 125 cm³/mol. The van der Waals surface area contributed by atoms with Crippen molar-refractivity contribution in [2.24, 2.45) is 5.92 Å². The fourth-order valence-corrected chi connectivity index (χ4v) is 3.92. The monoisotopic (exact) mass is 454 g/mol. The van der Waals surface area contributed by atoms with Crippen LogP contribution in [0.1, 0.15) is 31.4 Å². The number of aromatic nitrogens is 1. The highest BCUT2D eigenvalue weighted by Crippen LogP contribution is 2.13. The molecular formula is C25H34N4O4. The molecule has 1 aliphatic rings. The van der Waals surface area contributed by atoms with Gasteiger partial charge in [-0.25, -0.2) is 4.79 Å². The lowest BCUT2D eigenvalue weighted by Gasteiger charge is -2.23. The van der Waals surface area contributed by atoms with Crippen LogP contribution in [0.5, 0.6) is 0 Å². The summed E-state index contributed by atoms with van der Waals surface area (Å²) in [5, 5.41) is 16.1. The Balaban J connectivity index is 1.49. The van der Waals surface area contributed by atoms with E-state index in [4.69, 9.17) is 4.74 Å². The summed E-state index contributed by atoms with van der Waals surface area (Å²) >= 11 is 0. The van der Waals surface area contributed by atoms with Gasteiger partial charge in [0.1, 0.15) is 12.6 Å². The highest BCUT2D eigenvalue weighted by Gasteiger charge is 2.34. The first-order valence-electron chi connectivity index (χ1n) is 11.5. The van der Waals surface area contributed by atoms with Gasteiger partial charge >= 0.3 is 6.09 Å². The molecule has 1 fully saturated rings. The molecule has 1 aromatic heterocycles. The Morgan fingerprint density at radius 2 is 1.85 bits per heavy atom. The van der Waals surface area contributed by atoms with Crippen LogP contribution < -0.4 is 10.6 Å². The minimum Gasteiger partial charge on any atom is -0.445 e. The number of aliphatic hydroxyl groups excluding tert-OH is 1. The van der Waals surface area contributed by atoms with E-state index in [2.05, 4.69) is 32.7 Å². The minimum atomic E-state index is -0.736. The molecule has 3 N–H and O–H groups in total. The van der Waals surface area contributed by atoms with Crippen molar-refractivity contribution in [2.75, 3.05) is 19.6 Å². The first-order valence-corrected chi connectivity index (χ1v) is 11.5. The highest BCUT2D eigenvalue weighted by atomic mass is 16.5. The van der Waals surface area contributed by atoms with Crippen LogP contribution in [0, 0.1) is 5.92 Å². The highest BCUT2D eigenvalue weighted by molar-refractivity contribution is 5.85. The molecule has 3 rings (SSSR count). The Kier molecular flexibility index (Phi) is 9.21. The number of nitrogens with one attached hydrogen (secondary N) is 2. The summed E-state index contributed by atoms with van der Waals surface area (Å²) in [6, 6.07) is 12.6. The molecule has 0 bridgehead atoms. The summed E-state index contributed by atoms with van der Waals surface area (Å²) in [7, 11) is 0. The molecule has 0 aliphatic carbocycles. The van der Waals surface area contributed by atoms with Crippen molar-refractivity contribution < 1.29 is 19.4 Å². The average molecular weight is 455 g/mol. The molecular weight excluding hydrogens is 420 g/mol. The maximum absolute atomic E-state index is 13.0. The lowest BCUT2D eigenvalue weighted by Crippen LogP contribution is -2.53. The molecule has 1 aromatic carbocycles. The van der Waals surface area contributed by atoms with E-state index in [0.29, 0.717) is 19.5 Å². The van der Waals surface area contributed by atoms with E-state index >= 15 is 0 Å². The van der Waals surface area contributed by atoms with Crippen LogP contribution in [-0.2, 0) is 22.6 Å². The number of likely N-dealkylation sites (tertiary alicyclic amines) is 1. The number of pyridine rings is 1. The van der Waals surface area contributed by atoms with Gasteiger partial charge in [0, 0.05) is 32.0 Å². The number of rotatable bonds is 10. The van der Waals surface area contributed by atoms with E-state index in [1.807, 2.05) is 32.0 Å². The Morgan fingerprint density at radius 3 is 2.55 bits per heavy atom. The molecule has 2 aromatic rings. The number of nitrogens with zero attached hydrogens (tertiary/aromatic N) is 2. The number of alkyl carbamates (subject to hydrolysis) is 1. The maximum Gasteiger partial charge on any atom is 0.408 e. The van der Waals surface area contributed by atoms with Gasteiger partial charge < -0.3 is 20.5 Å². The van der Waals surface area contributed by atoms with Crippen LogP contribution in [0.25, 0.3) is 0 Å². The van der Waals surface area contributed by atoms with Gasteiger partial charge in [-0.05, 0) is 42.0 Å². The summed E-state index contributed by atoms with van der Waals surface area (Å²) in [4.78, 5) is 31.3. The van der Waals surface area contributed by atoms with Crippen LogP contribution in [0.4, 0.5) is 4.79 Å². The molecule has 178 valence electrons. The second kappa shape index (κ2) is 12.3. The minimum absolute atomic E-state index is 0.0993. The van der Waals surface area contributed by atoms with Crippen molar-refractivity contribution in [3.05, 3.63) is 66.0 Å². The second-order valence-electron chi connectivity index (χ2n) is 8.94. The lowest BCUT2D eigenvalue weighted by molar-refractivity contribution is -0.124. The Morgan fingerprint density at radius 1 is 1.12 bits per heavy atom. The van der Waals surface area contributed by atoms with Gasteiger partial charge in [0.25, 0.3) is 0 Å². The standard InChI is InChI=1S/C25H34N4O4/c1-18(2)14-21(28-25(32)33-17-20-8-11-26-12-9-20)24(31)27-22-15-29(16-23(22)30)13-10-19-6-4-3-5-7-19/h3-9,11-12,18,21-23,30H,10,13-17H2,1-2H3,(H,27,31)(H,28,32)/t21-,22?,23?/m0/s1. The number of ether oxygens (including phenoxy) is 1. The molecule has 0 radical (unpaired) electrons. The van der Waals surface area contributed by atoms with Gasteiger partial charge in [0.05, 0.1) is 12.1 Å². The molecule has 1 saturated heterocycles. The van der Waals surface area contributed by atoms with Crippen molar-refractivity contribution in [1.29, 1.82) is 0 Å². The van der Waals surface area contributed by atoms with Gasteiger partial charge in [-0.3, -0.25) is 14.7 Å². The first-order chi connectivity index (χ1) is 15.9. The maximum atomic E-state index is 13.0. The van der Waals surface area contributed by atoms with Crippen LogP contribution in [0.2, 0.25) is 0 Å². The Labute approximate surface area is 195 Å². The SMILES string of the molecule is CC(C)C[C@H](NC(=O)OCc1ccncc1)C(=O)NC1CN(CCc2ccccc2)CC1O. The smallest absolute Gasteiger partial charge is 0.408 e. The van der Waals surface area contributed by atoms with Crippen LogP contribution in [0.15, 0.2) is 54.9 Å². The van der Waals surface area contributed by atoms with Gasteiger partial charge in [-0.15, -0.1) is 0 Å². The number of benzene rings is 1. The summed E-state index contributed by atoms with van der Waals surface area (Å²) in [6.45, 7) is 5.96. The topological polar surface area (TPSA) is 104 Å². The van der Waals surface area contributed by atoms with E-state index in [1.165, 1.54) is 5.56 Å². The van der Waals surface area contributed by atoms with Crippen LogP contribution >= 0.6 is 0 Å². The number of aliphatic hydroxyl groups is 1. The van der Waals surface area contributed by atoms with Gasteiger partial charge in [-0.2, -0.15) is 0 Å². The molecule has 2 heterocycles. The number of carbonyl (C=O) groups is 2. The largest absolute Gasteiger partial charge is 0.445 e. The van der Waals surface area contributed by atoms with E-state index in [9.17, 15) is 14.7 Å². The van der Waals surface area contributed by atoms with E-state index in [0.717, 1.165) is 18.5 Å². The zero-order valence-corrected chi connectivity index (χ0v) is 19.3. The predicted octanol–water partition coefficient (Wildman–Crippen LogP) is 2.13. The molecule has 2 amide bonds. The summed E-state index contributed by atoms with van der Waals surface area (Å²) in [6.07, 6.45) is 3.31. The second-order valence-corrected chi connectivity index (χ2v) is 8.94. The summed E-state index contributed by atoms with van der Waals surface area (Å²) in [5.41, 5.74) is 2.06. The third kappa shape index (κ3) is 8.14. The molecule has 0 saturated carbocycles. The van der Waals surface area contributed by atoms with Gasteiger partial charge in [-0.1, -0.05) is 44.2 Å². The third-order valence-electron chi connectivity index (χ3n) is 5.69. The quantitative estimate of drug-likeness (QED) is 0.508. The van der Waals surface area contributed by atoms with E-state index < -0.39 is 18.2 Å². The molecule has 33 heavy (non-hydrogen) atoms. The molecule has 2 unspecified atom stereocenters. The zero-order valence-electron chi connectivity index (χ0n) is 19.3. The normalized spacial score (nSPS) is 19.3. The fraction of sp³-hybridized carbons (Fsp3) is 0.480. The number of hydrogen-bond donors (Lipinski definition) is 3. The van der Waals surface area contributed by atoms with Crippen molar-refractivity contribution >= 4 is 12.0 Å². The molecule has 0 spiro atoms. The first kappa shape index (κ1) is 24.7. The van der Waals surface area contributed by atoms with Crippen molar-refractivity contribution in [1.82, 2.24) is 20.5 Å². The van der Waals surface area contributed by atoms with Gasteiger partial charge in [0.15, 0.2) is 0 Å². The Hall–Kier alpha value is -2.97. The number of amides is 2. The van der Waals surface area contributed by atoms with Crippen molar-refractivity contribution in [3.63, 3.8) is 0 Å². The number of carbonyl (C=O) groups excluding carboxylic acids is 2. The van der Waals surface area contributed by atoms with Crippen LogP contribution in [0.3, 0.4) is 0 Å². The van der Waals surface area contributed by atoms with Crippen LogP contribution in [-0.4, -0.2) is 64.8 Å². The average Bonchev–Trinajstić information content (AvgIpc) is 3.16. The molecule has 3 atom stereocenters. The molecule has 8 nitrogen and oxygen atoms in total. The van der Waals surface area contributed by atoms with Crippen molar-refractivity contribution in [3.8, 4) is 0 Å². The molecule has 1 aliphatic heterocycles. The lowest BCUT2D eigenvalue weighted by atomic mass is 10.0.